The van der Waals surface area contributed by atoms with Gasteiger partial charge in [0, 0.05) is 20.0 Å². The Balaban J connectivity index is 2.56. The molecule has 0 aliphatic heterocycles. The summed E-state index contributed by atoms with van der Waals surface area (Å²) in [6.45, 7) is 5.90. The van der Waals surface area contributed by atoms with Gasteiger partial charge in [-0.1, -0.05) is 30.3 Å². The Bertz CT molecular complexity index is 542. The fraction of sp³-hybridized carbons (Fsp3) is 0.556. The number of hydroxylamine groups is 2. The van der Waals surface area contributed by atoms with Gasteiger partial charge in [0.2, 0.25) is 0 Å². The molecule has 0 fully saturated rings. The minimum Gasteiger partial charge on any atom is -0.444 e. The first-order valence-corrected chi connectivity index (χ1v) is 8.17. The van der Waals surface area contributed by atoms with E-state index in [1.165, 1.54) is 14.2 Å². The first kappa shape index (κ1) is 20.9. The van der Waals surface area contributed by atoms with E-state index in [1.807, 2.05) is 30.3 Å². The Morgan fingerprint density at radius 3 is 2.40 bits per heavy atom. The molecule has 0 saturated carbocycles. The Morgan fingerprint density at radius 2 is 1.84 bits per heavy atom. The van der Waals surface area contributed by atoms with Gasteiger partial charge in [-0.05, 0) is 26.3 Å². The molecule has 0 saturated heterocycles. The van der Waals surface area contributed by atoms with Crippen LogP contribution in [0.1, 0.15) is 32.8 Å². The summed E-state index contributed by atoms with van der Waals surface area (Å²) in [5.74, 6) is -0.315. The fourth-order valence-electron chi connectivity index (χ4n) is 1.96. The van der Waals surface area contributed by atoms with Gasteiger partial charge < -0.3 is 14.8 Å². The normalized spacial score (nSPS) is 12.4. The van der Waals surface area contributed by atoms with Crippen molar-refractivity contribution >= 4 is 12.0 Å². The monoisotopic (exact) mass is 352 g/mol. The highest BCUT2D eigenvalue weighted by Gasteiger charge is 2.24. The van der Waals surface area contributed by atoms with Crippen molar-refractivity contribution < 1.29 is 23.9 Å². The molecular weight excluding hydrogens is 324 g/mol. The van der Waals surface area contributed by atoms with Crippen molar-refractivity contribution in [3.05, 3.63) is 35.9 Å². The highest BCUT2D eigenvalue weighted by atomic mass is 16.7. The average molecular weight is 352 g/mol. The van der Waals surface area contributed by atoms with Crippen LogP contribution in [-0.2, 0) is 25.7 Å². The highest BCUT2D eigenvalue weighted by molar-refractivity contribution is 5.79. The van der Waals surface area contributed by atoms with Crippen LogP contribution < -0.4 is 5.32 Å². The molecule has 0 radical (unpaired) electrons. The van der Waals surface area contributed by atoms with Crippen LogP contribution in [0, 0.1) is 0 Å². The SMILES string of the molecule is CON(C)C(=O)[C@H](CCNC(=O)OC(C)(C)C)OCc1ccccc1. The van der Waals surface area contributed by atoms with Gasteiger partial charge in [0.25, 0.3) is 5.91 Å². The third-order valence-electron chi connectivity index (χ3n) is 3.23. The molecule has 2 amide bonds. The number of benzene rings is 1. The van der Waals surface area contributed by atoms with Crippen molar-refractivity contribution in [2.75, 3.05) is 20.7 Å². The number of hydrogen-bond acceptors (Lipinski definition) is 5. The zero-order valence-corrected chi connectivity index (χ0v) is 15.6. The molecule has 0 aromatic heterocycles. The Kier molecular flexibility index (Phi) is 8.37. The number of hydrogen-bond donors (Lipinski definition) is 1. The van der Waals surface area contributed by atoms with E-state index in [4.69, 9.17) is 14.3 Å². The minimum absolute atomic E-state index is 0.248. The lowest BCUT2D eigenvalue weighted by Crippen LogP contribution is -2.40. The Hall–Kier alpha value is -2.12. The summed E-state index contributed by atoms with van der Waals surface area (Å²) in [5, 5.41) is 3.74. The quantitative estimate of drug-likeness (QED) is 0.728. The van der Waals surface area contributed by atoms with E-state index in [9.17, 15) is 9.59 Å². The van der Waals surface area contributed by atoms with Crippen LogP contribution in [0.5, 0.6) is 0 Å². The molecule has 0 aliphatic carbocycles. The number of nitrogens with one attached hydrogen (secondary N) is 1. The summed E-state index contributed by atoms with van der Waals surface area (Å²) in [7, 11) is 2.92. The second-order valence-electron chi connectivity index (χ2n) is 6.52. The summed E-state index contributed by atoms with van der Waals surface area (Å²) in [6, 6.07) is 9.55. The molecule has 0 aliphatic rings. The molecule has 140 valence electrons. The number of rotatable bonds is 8. The van der Waals surface area contributed by atoms with Gasteiger partial charge in [0.15, 0.2) is 0 Å². The number of alkyl carbamates (subject to hydrolysis) is 1. The van der Waals surface area contributed by atoms with Gasteiger partial charge in [-0.2, -0.15) is 0 Å². The zero-order chi connectivity index (χ0) is 18.9. The largest absolute Gasteiger partial charge is 0.444 e. The molecule has 25 heavy (non-hydrogen) atoms. The van der Waals surface area contributed by atoms with Gasteiger partial charge >= 0.3 is 6.09 Å². The number of likely N-dealkylation sites (N-methyl/N-ethyl adjacent to an activating group) is 1. The predicted octanol–water partition coefficient (Wildman–Crippen LogP) is 2.51. The summed E-state index contributed by atoms with van der Waals surface area (Å²) in [5.41, 5.74) is 0.389. The lowest BCUT2D eigenvalue weighted by molar-refractivity contribution is -0.182. The Morgan fingerprint density at radius 1 is 1.20 bits per heavy atom. The van der Waals surface area contributed by atoms with Crippen molar-refractivity contribution in [1.29, 1.82) is 0 Å². The molecule has 1 atom stereocenters. The number of nitrogens with zero attached hydrogens (tertiary/aromatic N) is 1. The molecular formula is C18H28N2O5. The van der Waals surface area contributed by atoms with E-state index in [1.54, 1.807) is 20.8 Å². The summed E-state index contributed by atoms with van der Waals surface area (Å²) < 4.78 is 10.9. The third kappa shape index (κ3) is 8.51. The van der Waals surface area contributed by atoms with E-state index in [0.29, 0.717) is 13.0 Å². The number of carbonyl (C=O) groups excluding carboxylic acids is 2. The van der Waals surface area contributed by atoms with E-state index in [-0.39, 0.29) is 12.5 Å². The van der Waals surface area contributed by atoms with Crippen LogP contribution in [0.2, 0.25) is 0 Å². The van der Waals surface area contributed by atoms with Gasteiger partial charge in [-0.15, -0.1) is 0 Å². The van der Waals surface area contributed by atoms with Crippen molar-refractivity contribution in [3.63, 3.8) is 0 Å². The average Bonchev–Trinajstić information content (AvgIpc) is 2.55. The van der Waals surface area contributed by atoms with Crippen LogP contribution in [0.4, 0.5) is 4.79 Å². The maximum atomic E-state index is 12.3. The van der Waals surface area contributed by atoms with Crippen molar-refractivity contribution in [2.24, 2.45) is 0 Å². The van der Waals surface area contributed by atoms with Crippen LogP contribution in [0.3, 0.4) is 0 Å². The van der Waals surface area contributed by atoms with Crippen LogP contribution in [0.25, 0.3) is 0 Å². The zero-order valence-electron chi connectivity index (χ0n) is 15.6. The highest BCUT2D eigenvalue weighted by Crippen LogP contribution is 2.10. The second-order valence-corrected chi connectivity index (χ2v) is 6.52. The predicted molar refractivity (Wildman–Crippen MR) is 93.7 cm³/mol. The summed E-state index contributed by atoms with van der Waals surface area (Å²) in [6.07, 6.45) is -0.958. The first-order chi connectivity index (χ1) is 11.7. The van der Waals surface area contributed by atoms with Crippen molar-refractivity contribution in [3.8, 4) is 0 Å². The molecule has 1 N–H and O–H groups in total. The van der Waals surface area contributed by atoms with Crippen LogP contribution >= 0.6 is 0 Å². The Labute approximate surface area is 149 Å². The van der Waals surface area contributed by atoms with Crippen molar-refractivity contribution in [1.82, 2.24) is 10.4 Å². The van der Waals surface area contributed by atoms with Crippen molar-refractivity contribution in [2.45, 2.75) is 45.5 Å². The van der Waals surface area contributed by atoms with E-state index >= 15 is 0 Å². The van der Waals surface area contributed by atoms with Gasteiger partial charge in [0.1, 0.15) is 11.7 Å². The van der Waals surface area contributed by atoms with E-state index < -0.39 is 17.8 Å². The first-order valence-electron chi connectivity index (χ1n) is 8.17. The number of amides is 2. The number of ether oxygens (including phenoxy) is 2. The van der Waals surface area contributed by atoms with Gasteiger partial charge in [-0.25, -0.2) is 9.86 Å². The summed E-state index contributed by atoms with van der Waals surface area (Å²) >= 11 is 0. The second kappa shape index (κ2) is 10.0. The number of carbonyl (C=O) groups is 2. The molecule has 0 heterocycles. The van der Waals surface area contributed by atoms with Gasteiger partial charge in [0.05, 0.1) is 13.7 Å². The lowest BCUT2D eigenvalue weighted by Gasteiger charge is -2.23. The fourth-order valence-corrected chi connectivity index (χ4v) is 1.96. The molecule has 0 unspecified atom stereocenters. The molecule has 1 aromatic carbocycles. The smallest absolute Gasteiger partial charge is 0.407 e. The van der Waals surface area contributed by atoms with E-state index in [2.05, 4.69) is 5.32 Å². The molecule has 7 heteroatoms. The summed E-state index contributed by atoms with van der Waals surface area (Å²) in [4.78, 5) is 28.9. The molecule has 0 bridgehead atoms. The van der Waals surface area contributed by atoms with Crippen LogP contribution in [0.15, 0.2) is 30.3 Å². The lowest BCUT2D eigenvalue weighted by atomic mass is 10.2. The molecule has 1 rings (SSSR count). The molecule has 1 aromatic rings. The van der Waals surface area contributed by atoms with Crippen LogP contribution in [-0.4, -0.2) is 49.5 Å². The molecule has 0 spiro atoms. The third-order valence-corrected chi connectivity index (χ3v) is 3.23. The van der Waals surface area contributed by atoms with Gasteiger partial charge in [-0.3, -0.25) is 9.63 Å². The maximum absolute atomic E-state index is 12.3. The van der Waals surface area contributed by atoms with E-state index in [0.717, 1.165) is 10.6 Å². The topological polar surface area (TPSA) is 77.1 Å². The standard InChI is InChI=1S/C18H28N2O5/c1-18(2,3)25-17(22)19-12-11-15(16(21)20(4)23-5)24-13-14-9-7-6-8-10-14/h6-10,15H,11-13H2,1-5H3,(H,19,22)/t15-/m0/s1. The minimum atomic E-state index is -0.736. The maximum Gasteiger partial charge on any atom is 0.407 e. The molecule has 7 nitrogen and oxygen atoms in total.